The van der Waals surface area contributed by atoms with Gasteiger partial charge in [0.05, 0.1) is 0 Å². The van der Waals surface area contributed by atoms with Crippen molar-refractivity contribution >= 4 is 17.3 Å². The minimum absolute atomic E-state index is 0.594. The highest BCUT2D eigenvalue weighted by molar-refractivity contribution is 6.30. The van der Waals surface area contributed by atoms with Gasteiger partial charge in [-0.15, -0.1) is 0 Å². The summed E-state index contributed by atoms with van der Waals surface area (Å²) in [5, 5.41) is 4.33. The summed E-state index contributed by atoms with van der Waals surface area (Å²) in [6, 6.07) is 19.3. The van der Waals surface area contributed by atoms with Gasteiger partial charge in [-0.2, -0.15) is 0 Å². The molecule has 0 radical (unpaired) electrons. The minimum Gasteiger partial charge on any atom is -0.382 e. The van der Waals surface area contributed by atoms with Crippen molar-refractivity contribution in [3.63, 3.8) is 0 Å². The van der Waals surface area contributed by atoms with Crippen LogP contribution in [0.2, 0.25) is 5.02 Å². The van der Waals surface area contributed by atoms with E-state index in [4.69, 9.17) is 11.6 Å². The third-order valence-electron chi connectivity index (χ3n) is 3.62. The van der Waals surface area contributed by atoms with Crippen LogP contribution in [-0.2, 0) is 0 Å². The highest BCUT2D eigenvalue weighted by Gasteiger charge is 2.29. The van der Waals surface area contributed by atoms with Gasteiger partial charge < -0.3 is 5.32 Å². The molecule has 2 aromatic carbocycles. The molecule has 18 heavy (non-hydrogen) atoms. The SMILES string of the molecule is Clc1ccc(NC2CC(c3ccccc3)C2)cc1. The molecular formula is C16H16ClN. The number of halogens is 1. The Balaban J connectivity index is 1.55. The molecule has 0 aliphatic heterocycles. The monoisotopic (exact) mass is 257 g/mol. The van der Waals surface area contributed by atoms with Gasteiger partial charge in [0, 0.05) is 16.8 Å². The predicted molar refractivity (Wildman–Crippen MR) is 77.3 cm³/mol. The van der Waals surface area contributed by atoms with Crippen molar-refractivity contribution in [3.05, 3.63) is 65.2 Å². The molecule has 1 aliphatic carbocycles. The van der Waals surface area contributed by atoms with Gasteiger partial charge in [0.2, 0.25) is 0 Å². The first-order valence-electron chi connectivity index (χ1n) is 6.38. The van der Waals surface area contributed by atoms with Gasteiger partial charge in [0.25, 0.3) is 0 Å². The molecule has 0 saturated heterocycles. The smallest absolute Gasteiger partial charge is 0.0407 e. The molecule has 0 spiro atoms. The van der Waals surface area contributed by atoms with Crippen LogP contribution in [0.25, 0.3) is 0 Å². The van der Waals surface area contributed by atoms with Gasteiger partial charge in [-0.05, 0) is 48.6 Å². The van der Waals surface area contributed by atoms with E-state index in [2.05, 4.69) is 35.6 Å². The van der Waals surface area contributed by atoms with Crippen LogP contribution in [0.1, 0.15) is 24.3 Å². The second-order valence-corrected chi connectivity index (χ2v) is 5.36. The van der Waals surface area contributed by atoms with Crippen LogP contribution >= 0.6 is 11.6 Å². The van der Waals surface area contributed by atoms with Crippen molar-refractivity contribution in [2.75, 3.05) is 5.32 Å². The molecule has 0 bridgehead atoms. The van der Waals surface area contributed by atoms with Gasteiger partial charge in [-0.1, -0.05) is 41.9 Å². The molecular weight excluding hydrogens is 242 g/mol. The summed E-state index contributed by atoms with van der Waals surface area (Å²) in [5.74, 6) is 0.719. The highest BCUT2D eigenvalue weighted by Crippen LogP contribution is 2.38. The highest BCUT2D eigenvalue weighted by atomic mass is 35.5. The Labute approximate surface area is 113 Å². The summed E-state index contributed by atoms with van der Waals surface area (Å²) in [5.41, 5.74) is 2.63. The standard InChI is InChI=1S/C16H16ClN/c17-14-6-8-15(9-7-14)18-16-10-13(11-16)12-4-2-1-3-5-12/h1-9,13,16,18H,10-11H2. The van der Waals surface area contributed by atoms with Crippen LogP contribution in [0.5, 0.6) is 0 Å². The third-order valence-corrected chi connectivity index (χ3v) is 3.88. The second-order valence-electron chi connectivity index (χ2n) is 4.93. The summed E-state index contributed by atoms with van der Waals surface area (Å²) in [4.78, 5) is 0. The van der Waals surface area contributed by atoms with E-state index in [1.165, 1.54) is 18.4 Å². The van der Waals surface area contributed by atoms with Crippen molar-refractivity contribution in [3.8, 4) is 0 Å². The first kappa shape index (κ1) is 11.6. The zero-order chi connectivity index (χ0) is 12.4. The average molecular weight is 258 g/mol. The van der Waals surface area contributed by atoms with E-state index in [9.17, 15) is 0 Å². The molecule has 0 atom stereocenters. The first-order chi connectivity index (χ1) is 8.81. The van der Waals surface area contributed by atoms with E-state index < -0.39 is 0 Å². The molecule has 2 aromatic rings. The van der Waals surface area contributed by atoms with Crippen LogP contribution in [0.3, 0.4) is 0 Å². The number of rotatable bonds is 3. The van der Waals surface area contributed by atoms with E-state index in [0.29, 0.717) is 6.04 Å². The minimum atomic E-state index is 0.594. The van der Waals surface area contributed by atoms with Gasteiger partial charge in [-0.25, -0.2) is 0 Å². The van der Waals surface area contributed by atoms with Crippen molar-refractivity contribution in [2.24, 2.45) is 0 Å². The summed E-state index contributed by atoms with van der Waals surface area (Å²) < 4.78 is 0. The fraction of sp³-hybridized carbons (Fsp3) is 0.250. The second kappa shape index (κ2) is 5.03. The zero-order valence-corrected chi connectivity index (χ0v) is 10.9. The predicted octanol–water partition coefficient (Wildman–Crippen LogP) is 4.70. The zero-order valence-electron chi connectivity index (χ0n) is 10.1. The Morgan fingerprint density at radius 1 is 0.889 bits per heavy atom. The Kier molecular flexibility index (Phi) is 3.24. The fourth-order valence-corrected chi connectivity index (χ4v) is 2.64. The maximum Gasteiger partial charge on any atom is 0.0407 e. The fourth-order valence-electron chi connectivity index (χ4n) is 2.51. The molecule has 1 aliphatic rings. The van der Waals surface area contributed by atoms with E-state index in [1.54, 1.807) is 0 Å². The van der Waals surface area contributed by atoms with Crippen molar-refractivity contribution < 1.29 is 0 Å². The lowest BCUT2D eigenvalue weighted by molar-refractivity contribution is 0.374. The summed E-state index contributed by atoms with van der Waals surface area (Å²) in [6.45, 7) is 0. The molecule has 1 nitrogen and oxygen atoms in total. The lowest BCUT2D eigenvalue weighted by Gasteiger charge is -2.37. The maximum absolute atomic E-state index is 5.87. The summed E-state index contributed by atoms with van der Waals surface area (Å²) in [7, 11) is 0. The van der Waals surface area contributed by atoms with Crippen LogP contribution < -0.4 is 5.32 Å². The third kappa shape index (κ3) is 2.51. The molecule has 1 saturated carbocycles. The van der Waals surface area contributed by atoms with Gasteiger partial charge in [-0.3, -0.25) is 0 Å². The molecule has 3 rings (SSSR count). The summed E-state index contributed by atoms with van der Waals surface area (Å²) in [6.07, 6.45) is 2.43. The number of hydrogen-bond acceptors (Lipinski definition) is 1. The van der Waals surface area contributed by atoms with Crippen molar-refractivity contribution in [1.29, 1.82) is 0 Å². The average Bonchev–Trinajstić information content (AvgIpc) is 2.36. The molecule has 0 heterocycles. The van der Waals surface area contributed by atoms with Crippen LogP contribution in [0.15, 0.2) is 54.6 Å². The quantitative estimate of drug-likeness (QED) is 0.841. The van der Waals surface area contributed by atoms with E-state index >= 15 is 0 Å². The summed E-state index contributed by atoms with van der Waals surface area (Å²) >= 11 is 5.87. The molecule has 0 amide bonds. The Morgan fingerprint density at radius 3 is 2.22 bits per heavy atom. The molecule has 0 unspecified atom stereocenters. The lowest BCUT2D eigenvalue weighted by Crippen LogP contribution is -2.33. The number of benzene rings is 2. The van der Waals surface area contributed by atoms with E-state index in [-0.39, 0.29) is 0 Å². The van der Waals surface area contributed by atoms with E-state index in [1.807, 2.05) is 24.3 Å². The van der Waals surface area contributed by atoms with Gasteiger partial charge in [0.15, 0.2) is 0 Å². The van der Waals surface area contributed by atoms with Gasteiger partial charge >= 0.3 is 0 Å². The number of anilines is 1. The Morgan fingerprint density at radius 2 is 1.56 bits per heavy atom. The molecule has 92 valence electrons. The van der Waals surface area contributed by atoms with E-state index in [0.717, 1.165) is 16.6 Å². The molecule has 0 aromatic heterocycles. The maximum atomic E-state index is 5.87. The van der Waals surface area contributed by atoms with Crippen LogP contribution in [0, 0.1) is 0 Å². The number of hydrogen-bond donors (Lipinski definition) is 1. The Bertz CT molecular complexity index is 500. The topological polar surface area (TPSA) is 12.0 Å². The largest absolute Gasteiger partial charge is 0.382 e. The van der Waals surface area contributed by atoms with Crippen LogP contribution in [0.4, 0.5) is 5.69 Å². The Hall–Kier alpha value is -1.47. The van der Waals surface area contributed by atoms with Crippen molar-refractivity contribution in [1.82, 2.24) is 0 Å². The normalized spacial score (nSPS) is 22.3. The molecule has 1 fully saturated rings. The van der Waals surface area contributed by atoms with Crippen LogP contribution in [-0.4, -0.2) is 6.04 Å². The van der Waals surface area contributed by atoms with Gasteiger partial charge in [0.1, 0.15) is 0 Å². The molecule has 1 N–H and O–H groups in total. The molecule has 2 heteroatoms. The first-order valence-corrected chi connectivity index (χ1v) is 6.76. The lowest BCUT2D eigenvalue weighted by atomic mass is 9.76. The number of nitrogens with one attached hydrogen (secondary N) is 1. The van der Waals surface area contributed by atoms with Crippen molar-refractivity contribution in [2.45, 2.75) is 24.8 Å².